The van der Waals surface area contributed by atoms with Gasteiger partial charge in [-0.25, -0.2) is 0 Å². The van der Waals surface area contributed by atoms with Gasteiger partial charge in [0.25, 0.3) is 0 Å². The van der Waals surface area contributed by atoms with E-state index in [0.29, 0.717) is 5.70 Å². The number of allylic oxidation sites excluding steroid dienone is 2. The second kappa shape index (κ2) is 3.25. The van der Waals surface area contributed by atoms with E-state index in [1.54, 1.807) is 20.8 Å². The molecule has 0 saturated heterocycles. The highest BCUT2D eigenvalue weighted by Gasteiger charge is 2.10. The number of ketones is 1. The molecule has 0 aliphatic rings. The molecule has 0 radical (unpaired) electrons. The van der Waals surface area contributed by atoms with Gasteiger partial charge in [0.1, 0.15) is 0 Å². The number of hydrogen-bond donors (Lipinski definition) is 2. The zero-order valence-corrected chi connectivity index (χ0v) is 6.64. The fourth-order valence-electron chi connectivity index (χ4n) is 0.505. The van der Waals surface area contributed by atoms with Crippen LogP contribution in [0.5, 0.6) is 0 Å². The van der Waals surface area contributed by atoms with Crippen LogP contribution >= 0.6 is 0 Å². The molecule has 10 heavy (non-hydrogen) atoms. The number of carbonyl (C=O) groups excluding carboxylic acids is 1. The molecule has 0 unspecified atom stereocenters. The summed E-state index contributed by atoms with van der Waals surface area (Å²) in [6.07, 6.45) is 0. The largest absolute Gasteiger partial charge is 0.401 e. The van der Waals surface area contributed by atoms with Crippen molar-refractivity contribution in [2.75, 3.05) is 0 Å². The van der Waals surface area contributed by atoms with Crippen LogP contribution in [-0.4, -0.2) is 5.78 Å². The summed E-state index contributed by atoms with van der Waals surface area (Å²) in [6, 6.07) is 0. The number of carbonyl (C=O) groups is 1. The second-order valence-electron chi connectivity index (χ2n) is 2.62. The maximum atomic E-state index is 11.0. The van der Waals surface area contributed by atoms with Crippen LogP contribution in [0.1, 0.15) is 20.8 Å². The second-order valence-corrected chi connectivity index (χ2v) is 2.62. The summed E-state index contributed by atoms with van der Waals surface area (Å²) in [6.45, 7) is 5.20. The molecule has 0 aromatic rings. The molecule has 0 amide bonds. The standard InChI is InChI=1S/C7H14N2O/c1-4(2)7(10)6(9)5(3)8/h4H,8-9H2,1-3H3/b6-5-. The summed E-state index contributed by atoms with van der Waals surface area (Å²) >= 11 is 0. The fourth-order valence-corrected chi connectivity index (χ4v) is 0.505. The van der Waals surface area contributed by atoms with Crippen molar-refractivity contribution in [3.8, 4) is 0 Å². The Hall–Kier alpha value is -0.990. The van der Waals surface area contributed by atoms with Crippen LogP contribution in [0.15, 0.2) is 11.4 Å². The summed E-state index contributed by atoms with van der Waals surface area (Å²) in [7, 11) is 0. The molecule has 4 N–H and O–H groups in total. The van der Waals surface area contributed by atoms with Gasteiger partial charge in [-0.2, -0.15) is 0 Å². The van der Waals surface area contributed by atoms with Crippen LogP contribution in [-0.2, 0) is 4.79 Å². The van der Waals surface area contributed by atoms with Crippen LogP contribution in [0.3, 0.4) is 0 Å². The van der Waals surface area contributed by atoms with E-state index in [0.717, 1.165) is 0 Å². The van der Waals surface area contributed by atoms with E-state index < -0.39 is 0 Å². The van der Waals surface area contributed by atoms with Gasteiger partial charge >= 0.3 is 0 Å². The predicted molar refractivity (Wildman–Crippen MR) is 40.9 cm³/mol. The highest BCUT2D eigenvalue weighted by Crippen LogP contribution is 2.01. The lowest BCUT2D eigenvalue weighted by atomic mass is 10.1. The van der Waals surface area contributed by atoms with Crippen molar-refractivity contribution in [3.63, 3.8) is 0 Å². The Bertz CT molecular complexity index is 166. The minimum atomic E-state index is -0.0833. The number of rotatable bonds is 2. The average Bonchev–Trinajstić information content (AvgIpc) is 1.84. The van der Waals surface area contributed by atoms with Gasteiger partial charge < -0.3 is 11.5 Å². The molecular formula is C7H14N2O. The molecule has 3 nitrogen and oxygen atoms in total. The molecule has 0 aliphatic heterocycles. The van der Waals surface area contributed by atoms with E-state index in [4.69, 9.17) is 11.5 Å². The molecule has 0 aromatic carbocycles. The first-order chi connectivity index (χ1) is 4.46. The van der Waals surface area contributed by atoms with Gasteiger partial charge in [0, 0.05) is 11.6 Å². The molecule has 0 bridgehead atoms. The van der Waals surface area contributed by atoms with Gasteiger partial charge in [-0.15, -0.1) is 0 Å². The van der Waals surface area contributed by atoms with E-state index in [1.165, 1.54) is 0 Å². The minimum Gasteiger partial charge on any atom is -0.401 e. The Kier molecular flexibility index (Phi) is 2.93. The quantitative estimate of drug-likeness (QED) is 0.547. The predicted octanol–water partition coefficient (Wildman–Crippen LogP) is 0.360. The summed E-state index contributed by atoms with van der Waals surface area (Å²) in [4.78, 5) is 11.0. The maximum Gasteiger partial charge on any atom is 0.182 e. The molecular weight excluding hydrogens is 128 g/mol. The highest BCUT2D eigenvalue weighted by molar-refractivity contribution is 5.96. The van der Waals surface area contributed by atoms with Crippen molar-refractivity contribution >= 4 is 5.78 Å². The lowest BCUT2D eigenvalue weighted by Gasteiger charge is -2.04. The van der Waals surface area contributed by atoms with Crippen molar-refractivity contribution in [3.05, 3.63) is 11.4 Å². The molecule has 0 aromatic heterocycles. The Morgan fingerprint density at radius 1 is 1.30 bits per heavy atom. The third kappa shape index (κ3) is 2.09. The SMILES string of the molecule is C/C(N)=C(/N)C(=O)C(C)C. The molecule has 0 aliphatic carbocycles. The van der Waals surface area contributed by atoms with Gasteiger partial charge in [-0.3, -0.25) is 4.79 Å². The molecule has 0 heterocycles. The molecule has 0 spiro atoms. The van der Waals surface area contributed by atoms with E-state index in [9.17, 15) is 4.79 Å². The van der Waals surface area contributed by atoms with Crippen molar-refractivity contribution in [1.29, 1.82) is 0 Å². The van der Waals surface area contributed by atoms with Crippen molar-refractivity contribution in [2.45, 2.75) is 20.8 Å². The third-order valence-electron chi connectivity index (χ3n) is 1.21. The normalized spacial score (nSPS) is 13.2. The molecule has 58 valence electrons. The van der Waals surface area contributed by atoms with Crippen LogP contribution in [0.4, 0.5) is 0 Å². The molecule has 0 rings (SSSR count). The van der Waals surface area contributed by atoms with Crippen LogP contribution in [0.25, 0.3) is 0 Å². The zero-order valence-electron chi connectivity index (χ0n) is 6.64. The van der Waals surface area contributed by atoms with E-state index >= 15 is 0 Å². The molecule has 0 atom stereocenters. The average molecular weight is 142 g/mol. The van der Waals surface area contributed by atoms with Crippen LogP contribution in [0, 0.1) is 5.92 Å². The van der Waals surface area contributed by atoms with Gasteiger partial charge in [0.2, 0.25) is 0 Å². The van der Waals surface area contributed by atoms with Gasteiger partial charge in [-0.1, -0.05) is 13.8 Å². The van der Waals surface area contributed by atoms with Gasteiger partial charge in [0.15, 0.2) is 5.78 Å². The van der Waals surface area contributed by atoms with Crippen LogP contribution in [0.2, 0.25) is 0 Å². The van der Waals surface area contributed by atoms with Gasteiger partial charge in [0.05, 0.1) is 5.70 Å². The van der Waals surface area contributed by atoms with Crippen molar-refractivity contribution in [1.82, 2.24) is 0 Å². The van der Waals surface area contributed by atoms with Crippen LogP contribution < -0.4 is 11.5 Å². The first-order valence-corrected chi connectivity index (χ1v) is 3.22. The minimum absolute atomic E-state index is 0.0708. The smallest absolute Gasteiger partial charge is 0.182 e. The van der Waals surface area contributed by atoms with E-state index in [-0.39, 0.29) is 17.4 Å². The summed E-state index contributed by atoms with van der Waals surface area (Å²) in [5.41, 5.74) is 11.3. The number of nitrogens with two attached hydrogens (primary N) is 2. The zero-order chi connectivity index (χ0) is 8.31. The molecule has 0 saturated carbocycles. The Morgan fingerprint density at radius 3 is 1.80 bits per heavy atom. The molecule has 0 fully saturated rings. The Labute approximate surface area is 61.1 Å². The highest BCUT2D eigenvalue weighted by atomic mass is 16.1. The van der Waals surface area contributed by atoms with E-state index in [1.807, 2.05) is 0 Å². The third-order valence-corrected chi connectivity index (χ3v) is 1.21. The first-order valence-electron chi connectivity index (χ1n) is 3.22. The van der Waals surface area contributed by atoms with E-state index in [2.05, 4.69) is 0 Å². The summed E-state index contributed by atoms with van der Waals surface area (Å²) in [5, 5.41) is 0. The Balaban J connectivity index is 4.38. The maximum absolute atomic E-state index is 11.0. The van der Waals surface area contributed by atoms with Crippen molar-refractivity contribution < 1.29 is 4.79 Å². The van der Waals surface area contributed by atoms with Crippen molar-refractivity contribution in [2.24, 2.45) is 17.4 Å². The van der Waals surface area contributed by atoms with Gasteiger partial charge in [-0.05, 0) is 6.92 Å². The first kappa shape index (κ1) is 9.01. The lowest BCUT2D eigenvalue weighted by Crippen LogP contribution is -2.20. The Morgan fingerprint density at radius 2 is 1.70 bits per heavy atom. The topological polar surface area (TPSA) is 69.1 Å². The number of Topliss-reactive ketones (excluding diaryl/α,β-unsaturated/α-hetero) is 1. The summed E-state index contributed by atoms with van der Waals surface area (Å²) < 4.78 is 0. The lowest BCUT2D eigenvalue weighted by molar-refractivity contribution is -0.118. The fraction of sp³-hybridized carbons (Fsp3) is 0.571. The monoisotopic (exact) mass is 142 g/mol. The number of hydrogen-bond acceptors (Lipinski definition) is 3. The summed E-state index contributed by atoms with van der Waals surface area (Å²) in [5.74, 6) is -0.154. The molecule has 3 heteroatoms.